The van der Waals surface area contributed by atoms with E-state index < -0.39 is 11.9 Å². The highest BCUT2D eigenvalue weighted by molar-refractivity contribution is 7.21. The first kappa shape index (κ1) is 20.8. The molecule has 0 saturated heterocycles. The lowest BCUT2D eigenvalue weighted by Gasteiger charge is -2.29. The van der Waals surface area contributed by atoms with Crippen molar-refractivity contribution in [2.75, 3.05) is 0 Å². The Hall–Kier alpha value is -3.43. The predicted molar refractivity (Wildman–Crippen MR) is 123 cm³/mol. The summed E-state index contributed by atoms with van der Waals surface area (Å²) >= 11 is 1.58. The van der Waals surface area contributed by atoms with E-state index in [2.05, 4.69) is 11.4 Å². The second-order valence-electron chi connectivity index (χ2n) is 7.78. The van der Waals surface area contributed by atoms with Gasteiger partial charge < -0.3 is 10.1 Å². The fourth-order valence-electron chi connectivity index (χ4n) is 3.90. The molecule has 0 fully saturated rings. The summed E-state index contributed by atoms with van der Waals surface area (Å²) in [5.74, 6) is -0.916. The molecule has 2 aromatic carbocycles. The summed E-state index contributed by atoms with van der Waals surface area (Å²) < 4.78 is 6.51. The first-order chi connectivity index (χ1) is 14.9. The van der Waals surface area contributed by atoms with E-state index in [-0.39, 0.29) is 6.10 Å². The van der Waals surface area contributed by atoms with E-state index in [1.54, 1.807) is 11.3 Å². The van der Waals surface area contributed by atoms with Crippen LogP contribution in [-0.4, -0.2) is 17.1 Å². The van der Waals surface area contributed by atoms with E-state index in [1.807, 2.05) is 76.2 Å². The minimum Gasteiger partial charge on any atom is -0.460 e. The smallest absolute Gasteiger partial charge is 0.337 e. The zero-order valence-corrected chi connectivity index (χ0v) is 18.7. The van der Waals surface area contributed by atoms with Crippen LogP contribution in [-0.2, 0) is 9.53 Å². The zero-order valence-electron chi connectivity index (χ0n) is 17.9. The van der Waals surface area contributed by atoms with Gasteiger partial charge in [0.25, 0.3) is 0 Å². The number of fused-ring (bicyclic) bond motifs is 1. The number of nitrogens with one attached hydrogen (secondary N) is 1. The number of benzene rings is 2. The summed E-state index contributed by atoms with van der Waals surface area (Å²) in [6, 6.07) is 18.2. The second kappa shape index (κ2) is 8.37. The molecule has 1 N–H and O–H groups in total. The van der Waals surface area contributed by atoms with Gasteiger partial charge in [0.05, 0.1) is 39.5 Å². The molecule has 31 heavy (non-hydrogen) atoms. The maximum Gasteiger partial charge on any atom is 0.337 e. The summed E-state index contributed by atoms with van der Waals surface area (Å²) in [5.41, 5.74) is 5.22. The standard InChI is InChI=1S/C25H23N3O2S/c1-14(2)30-25(29)21-16(4)27-15(3)19(13-26)22(21)18-11-8-12-20-23(18)31-24(28-20)17-9-6-5-7-10-17/h5-12,14,22,27H,1-4H3. The normalized spacial score (nSPS) is 16.5. The number of hydrogen-bond acceptors (Lipinski definition) is 6. The van der Waals surface area contributed by atoms with E-state index in [1.165, 1.54) is 0 Å². The monoisotopic (exact) mass is 429 g/mol. The number of ether oxygens (including phenoxy) is 1. The van der Waals surface area contributed by atoms with Gasteiger partial charge in [0, 0.05) is 17.0 Å². The van der Waals surface area contributed by atoms with Gasteiger partial charge in [-0.05, 0) is 39.3 Å². The Morgan fingerprint density at radius 2 is 1.87 bits per heavy atom. The summed E-state index contributed by atoms with van der Waals surface area (Å²) in [4.78, 5) is 17.9. The van der Waals surface area contributed by atoms with Gasteiger partial charge in [-0.25, -0.2) is 9.78 Å². The molecular weight excluding hydrogens is 406 g/mol. The second-order valence-corrected chi connectivity index (χ2v) is 8.78. The Morgan fingerprint density at radius 1 is 1.13 bits per heavy atom. The van der Waals surface area contributed by atoms with Crippen molar-refractivity contribution < 1.29 is 9.53 Å². The number of nitriles is 1. The van der Waals surface area contributed by atoms with Crippen LogP contribution >= 0.6 is 11.3 Å². The highest BCUT2D eigenvalue weighted by Crippen LogP contribution is 2.43. The van der Waals surface area contributed by atoms with Crippen molar-refractivity contribution in [3.8, 4) is 16.6 Å². The van der Waals surface area contributed by atoms with Crippen LogP contribution in [0.4, 0.5) is 0 Å². The molecule has 0 aliphatic carbocycles. The molecule has 156 valence electrons. The first-order valence-electron chi connectivity index (χ1n) is 10.1. The first-order valence-corrected chi connectivity index (χ1v) is 11.0. The van der Waals surface area contributed by atoms with Gasteiger partial charge in [0.1, 0.15) is 5.01 Å². The molecule has 1 aliphatic heterocycles. The fourth-order valence-corrected chi connectivity index (χ4v) is 5.02. The van der Waals surface area contributed by atoms with Crippen LogP contribution in [0, 0.1) is 11.3 Å². The van der Waals surface area contributed by atoms with Gasteiger partial charge in [-0.3, -0.25) is 0 Å². The number of carbonyl (C=O) groups is 1. The average Bonchev–Trinajstić information content (AvgIpc) is 3.18. The number of thiazole rings is 1. The van der Waals surface area contributed by atoms with Gasteiger partial charge in [0.2, 0.25) is 0 Å². The van der Waals surface area contributed by atoms with Crippen molar-refractivity contribution in [2.24, 2.45) is 0 Å². The summed E-state index contributed by atoms with van der Waals surface area (Å²) in [7, 11) is 0. The summed E-state index contributed by atoms with van der Waals surface area (Å²) in [6.45, 7) is 7.36. The van der Waals surface area contributed by atoms with Crippen LogP contribution < -0.4 is 5.32 Å². The number of rotatable bonds is 4. The Morgan fingerprint density at radius 3 is 2.55 bits per heavy atom. The molecule has 1 aromatic heterocycles. The topological polar surface area (TPSA) is 75.0 Å². The van der Waals surface area contributed by atoms with E-state index in [4.69, 9.17) is 9.72 Å². The van der Waals surface area contributed by atoms with Crippen LogP contribution in [0.25, 0.3) is 20.8 Å². The molecule has 0 spiro atoms. The molecule has 3 aromatic rings. The molecule has 4 rings (SSSR count). The van der Waals surface area contributed by atoms with Crippen molar-refractivity contribution in [3.63, 3.8) is 0 Å². The van der Waals surface area contributed by atoms with E-state index >= 15 is 0 Å². The van der Waals surface area contributed by atoms with Crippen LogP contribution in [0.2, 0.25) is 0 Å². The lowest BCUT2D eigenvalue weighted by atomic mass is 9.81. The summed E-state index contributed by atoms with van der Waals surface area (Å²) in [5, 5.41) is 14.1. The number of nitrogens with zero attached hydrogens (tertiary/aromatic N) is 2. The molecule has 0 saturated carbocycles. The van der Waals surface area contributed by atoms with Crippen molar-refractivity contribution in [2.45, 2.75) is 39.7 Å². The zero-order chi connectivity index (χ0) is 22.1. The van der Waals surface area contributed by atoms with E-state index in [9.17, 15) is 10.1 Å². The molecule has 1 unspecified atom stereocenters. The van der Waals surface area contributed by atoms with Crippen LogP contribution in [0.1, 0.15) is 39.2 Å². The Labute approximate surface area is 185 Å². The third-order valence-electron chi connectivity index (χ3n) is 5.22. The molecule has 1 aliphatic rings. The lowest BCUT2D eigenvalue weighted by Crippen LogP contribution is -2.29. The largest absolute Gasteiger partial charge is 0.460 e. The highest BCUT2D eigenvalue weighted by Gasteiger charge is 2.36. The van der Waals surface area contributed by atoms with Gasteiger partial charge in [-0.1, -0.05) is 42.5 Å². The molecule has 2 heterocycles. The lowest BCUT2D eigenvalue weighted by molar-refractivity contribution is -0.143. The Kier molecular flexibility index (Phi) is 5.62. The van der Waals surface area contributed by atoms with Crippen molar-refractivity contribution in [3.05, 3.63) is 76.6 Å². The highest BCUT2D eigenvalue weighted by atomic mass is 32.1. The molecular formula is C25H23N3O2S. The van der Waals surface area contributed by atoms with Gasteiger partial charge in [-0.15, -0.1) is 11.3 Å². The van der Waals surface area contributed by atoms with Gasteiger partial charge in [0.15, 0.2) is 0 Å². The minimum absolute atomic E-state index is 0.255. The third-order valence-corrected chi connectivity index (χ3v) is 6.39. The number of hydrogen-bond donors (Lipinski definition) is 1. The molecule has 0 bridgehead atoms. The van der Waals surface area contributed by atoms with E-state index in [0.717, 1.165) is 32.0 Å². The van der Waals surface area contributed by atoms with Crippen LogP contribution in [0.5, 0.6) is 0 Å². The van der Waals surface area contributed by atoms with Crippen molar-refractivity contribution in [1.82, 2.24) is 10.3 Å². The minimum atomic E-state index is -0.509. The maximum absolute atomic E-state index is 13.1. The van der Waals surface area contributed by atoms with Crippen LogP contribution in [0.3, 0.4) is 0 Å². The molecule has 5 nitrogen and oxygen atoms in total. The number of carbonyl (C=O) groups excluding carboxylic acids is 1. The Bertz CT molecular complexity index is 1260. The van der Waals surface area contributed by atoms with Gasteiger partial charge in [-0.2, -0.15) is 5.26 Å². The van der Waals surface area contributed by atoms with Gasteiger partial charge >= 0.3 is 5.97 Å². The number of dihydropyridines is 1. The van der Waals surface area contributed by atoms with E-state index in [0.29, 0.717) is 16.8 Å². The average molecular weight is 430 g/mol. The Balaban J connectivity index is 1.92. The summed E-state index contributed by atoms with van der Waals surface area (Å²) in [6.07, 6.45) is -0.255. The molecule has 1 atom stereocenters. The predicted octanol–water partition coefficient (Wildman–Crippen LogP) is 5.67. The van der Waals surface area contributed by atoms with Crippen molar-refractivity contribution >= 4 is 27.5 Å². The SMILES string of the molecule is CC1=C(C#N)C(c2cccc3nc(-c4ccccc4)sc23)C(C(=O)OC(C)C)=C(C)N1. The number of allylic oxidation sites excluding steroid dienone is 3. The molecule has 0 amide bonds. The van der Waals surface area contributed by atoms with Crippen LogP contribution in [0.15, 0.2) is 71.1 Å². The number of aromatic nitrogens is 1. The number of esters is 1. The van der Waals surface area contributed by atoms with Crippen molar-refractivity contribution in [1.29, 1.82) is 5.26 Å². The maximum atomic E-state index is 13.1. The fraction of sp³-hybridized carbons (Fsp3) is 0.240. The third kappa shape index (κ3) is 3.85. The molecule has 0 radical (unpaired) electrons. The quantitative estimate of drug-likeness (QED) is 0.541. The molecule has 6 heteroatoms.